The molecule has 0 unspecified atom stereocenters. The van der Waals surface area contributed by atoms with E-state index in [0.717, 1.165) is 5.39 Å². The lowest BCUT2D eigenvalue weighted by Crippen LogP contribution is -2.66. The van der Waals surface area contributed by atoms with Gasteiger partial charge in [-0.15, -0.1) is 0 Å². The monoisotopic (exact) mass is 372 g/mol. The van der Waals surface area contributed by atoms with Gasteiger partial charge in [0.15, 0.2) is 11.4 Å². The lowest BCUT2D eigenvalue weighted by atomic mass is 9.57. The van der Waals surface area contributed by atoms with Crippen molar-refractivity contribution < 1.29 is 29.6 Å². The molecule has 144 valence electrons. The van der Waals surface area contributed by atoms with Gasteiger partial charge >= 0.3 is 0 Å². The van der Waals surface area contributed by atoms with Crippen molar-refractivity contribution in [3.63, 3.8) is 0 Å². The second-order valence-corrected chi connectivity index (χ2v) is 7.98. The summed E-state index contributed by atoms with van der Waals surface area (Å²) in [4.78, 5) is 13.1. The Hall–Kier alpha value is -2.15. The Bertz CT molecular complexity index is 949. The SMILES string of the molecule is COc1c2c(c(OC)c3ccccc13)[C@@]1(O)C(=O)C[C@@](C)(O)C[C@@]1(O)CC2. The van der Waals surface area contributed by atoms with Crippen molar-refractivity contribution in [1.82, 2.24) is 0 Å². The highest BCUT2D eigenvalue weighted by atomic mass is 16.5. The summed E-state index contributed by atoms with van der Waals surface area (Å²) < 4.78 is 11.3. The number of ether oxygens (including phenoxy) is 2. The number of methoxy groups -OCH3 is 2. The first kappa shape index (κ1) is 18.2. The number of ketones is 1. The molecular weight excluding hydrogens is 348 g/mol. The molecule has 2 aliphatic carbocycles. The molecule has 0 heterocycles. The fourth-order valence-corrected chi connectivity index (χ4v) is 5.02. The molecular formula is C21H24O6. The fourth-order valence-electron chi connectivity index (χ4n) is 5.02. The van der Waals surface area contributed by atoms with Gasteiger partial charge < -0.3 is 24.8 Å². The van der Waals surface area contributed by atoms with Gasteiger partial charge in [-0.05, 0) is 19.8 Å². The van der Waals surface area contributed by atoms with Gasteiger partial charge in [0.05, 0.1) is 19.8 Å². The molecule has 2 aromatic carbocycles. The van der Waals surface area contributed by atoms with Gasteiger partial charge in [0.2, 0.25) is 0 Å². The molecule has 0 spiro atoms. The minimum atomic E-state index is -2.16. The summed E-state index contributed by atoms with van der Waals surface area (Å²) in [6.07, 6.45) is 0.182. The Labute approximate surface area is 157 Å². The molecule has 3 N–H and O–H groups in total. The van der Waals surface area contributed by atoms with Crippen LogP contribution in [-0.2, 0) is 16.8 Å². The summed E-state index contributed by atoms with van der Waals surface area (Å²) in [7, 11) is 3.03. The van der Waals surface area contributed by atoms with Crippen LogP contribution in [0.15, 0.2) is 24.3 Å². The molecule has 27 heavy (non-hydrogen) atoms. The van der Waals surface area contributed by atoms with Crippen molar-refractivity contribution in [3.05, 3.63) is 35.4 Å². The number of rotatable bonds is 2. The fraction of sp³-hybridized carbons (Fsp3) is 0.476. The van der Waals surface area contributed by atoms with Gasteiger partial charge in [-0.3, -0.25) is 4.79 Å². The molecule has 2 aliphatic rings. The molecule has 0 bridgehead atoms. The van der Waals surface area contributed by atoms with Crippen LogP contribution in [-0.4, -0.2) is 46.5 Å². The topological polar surface area (TPSA) is 96.2 Å². The van der Waals surface area contributed by atoms with Gasteiger partial charge in [0.1, 0.15) is 17.1 Å². The number of Topliss-reactive ketones (excluding diaryl/α,β-unsaturated/α-hetero) is 1. The van der Waals surface area contributed by atoms with E-state index in [9.17, 15) is 20.1 Å². The maximum atomic E-state index is 13.1. The van der Waals surface area contributed by atoms with Crippen molar-refractivity contribution in [3.8, 4) is 11.5 Å². The Morgan fingerprint density at radius 2 is 1.59 bits per heavy atom. The third-order valence-electron chi connectivity index (χ3n) is 6.07. The van der Waals surface area contributed by atoms with Crippen molar-refractivity contribution >= 4 is 16.6 Å². The van der Waals surface area contributed by atoms with Crippen LogP contribution in [0.3, 0.4) is 0 Å². The van der Waals surface area contributed by atoms with Crippen LogP contribution in [0, 0.1) is 0 Å². The molecule has 1 saturated carbocycles. The molecule has 0 aliphatic heterocycles. The summed E-state index contributed by atoms with van der Waals surface area (Å²) >= 11 is 0. The average Bonchev–Trinajstić information content (AvgIpc) is 2.61. The van der Waals surface area contributed by atoms with Crippen LogP contribution in [0.1, 0.15) is 37.3 Å². The first-order valence-electron chi connectivity index (χ1n) is 9.05. The number of carbonyl (C=O) groups is 1. The first-order valence-corrected chi connectivity index (χ1v) is 9.05. The molecule has 0 saturated heterocycles. The summed E-state index contributed by atoms with van der Waals surface area (Å²) in [5.41, 5.74) is -4.39. The average molecular weight is 372 g/mol. The van der Waals surface area contributed by atoms with Crippen LogP contribution in [0.5, 0.6) is 11.5 Å². The molecule has 0 amide bonds. The van der Waals surface area contributed by atoms with E-state index in [1.807, 2.05) is 24.3 Å². The predicted molar refractivity (Wildman–Crippen MR) is 99.1 cm³/mol. The zero-order chi connectivity index (χ0) is 19.6. The maximum Gasteiger partial charge on any atom is 0.180 e. The summed E-state index contributed by atoms with van der Waals surface area (Å²) in [6.45, 7) is 1.51. The lowest BCUT2D eigenvalue weighted by Gasteiger charge is -2.53. The van der Waals surface area contributed by atoms with E-state index in [-0.39, 0.29) is 24.8 Å². The number of hydrogen-bond donors (Lipinski definition) is 3. The van der Waals surface area contributed by atoms with E-state index in [2.05, 4.69) is 0 Å². The van der Waals surface area contributed by atoms with E-state index in [0.29, 0.717) is 28.9 Å². The van der Waals surface area contributed by atoms with Crippen molar-refractivity contribution in [2.75, 3.05) is 14.2 Å². The predicted octanol–water partition coefficient (Wildman–Crippen LogP) is 1.84. The summed E-state index contributed by atoms with van der Waals surface area (Å²) in [6, 6.07) is 7.45. The minimum absolute atomic E-state index is 0.0972. The van der Waals surface area contributed by atoms with Gasteiger partial charge in [-0.1, -0.05) is 24.3 Å². The Balaban J connectivity index is 2.12. The van der Waals surface area contributed by atoms with Crippen LogP contribution < -0.4 is 9.47 Å². The Morgan fingerprint density at radius 1 is 1.00 bits per heavy atom. The number of benzene rings is 2. The van der Waals surface area contributed by atoms with Crippen molar-refractivity contribution in [1.29, 1.82) is 0 Å². The summed E-state index contributed by atoms with van der Waals surface area (Å²) in [5, 5.41) is 35.0. The molecule has 6 heteroatoms. The van der Waals surface area contributed by atoms with Crippen molar-refractivity contribution in [2.45, 2.75) is 49.4 Å². The van der Waals surface area contributed by atoms with Gasteiger partial charge in [0.25, 0.3) is 0 Å². The van der Waals surface area contributed by atoms with E-state index in [1.165, 1.54) is 14.0 Å². The highest BCUT2D eigenvalue weighted by Crippen LogP contribution is 2.57. The van der Waals surface area contributed by atoms with E-state index < -0.39 is 22.6 Å². The largest absolute Gasteiger partial charge is 0.496 e. The number of aliphatic hydroxyl groups is 3. The number of carbonyl (C=O) groups excluding carboxylic acids is 1. The Morgan fingerprint density at radius 3 is 2.19 bits per heavy atom. The summed E-state index contributed by atoms with van der Waals surface area (Å²) in [5.74, 6) is 0.316. The Kier molecular flexibility index (Phi) is 3.83. The normalized spacial score (nSPS) is 32.7. The third kappa shape index (κ3) is 2.27. The quantitative estimate of drug-likeness (QED) is 0.744. The van der Waals surface area contributed by atoms with Gasteiger partial charge in [0, 0.05) is 34.7 Å². The van der Waals surface area contributed by atoms with Crippen LogP contribution in [0.4, 0.5) is 0 Å². The number of hydrogen-bond acceptors (Lipinski definition) is 6. The zero-order valence-corrected chi connectivity index (χ0v) is 15.7. The molecule has 1 fully saturated rings. The second-order valence-electron chi connectivity index (χ2n) is 7.98. The lowest BCUT2D eigenvalue weighted by molar-refractivity contribution is -0.218. The standard InChI is InChI=1S/C21H24O6/c1-19(23)10-15(22)21(25)16-14(8-9-20(21,24)11-19)17(26-2)12-6-4-5-7-13(12)18(16)27-3/h4-7,23-25H,8-11H2,1-3H3/t19-,20+,21+/m1/s1. The molecule has 6 nitrogen and oxygen atoms in total. The smallest absolute Gasteiger partial charge is 0.180 e. The zero-order valence-electron chi connectivity index (χ0n) is 15.7. The maximum absolute atomic E-state index is 13.1. The molecule has 0 aromatic heterocycles. The van der Waals surface area contributed by atoms with Crippen molar-refractivity contribution in [2.24, 2.45) is 0 Å². The molecule has 2 aromatic rings. The van der Waals surface area contributed by atoms with Crippen LogP contribution in [0.25, 0.3) is 10.8 Å². The molecule has 3 atom stereocenters. The highest BCUT2D eigenvalue weighted by molar-refractivity contribution is 6.01. The van der Waals surface area contributed by atoms with Crippen LogP contribution >= 0.6 is 0 Å². The minimum Gasteiger partial charge on any atom is -0.496 e. The van der Waals surface area contributed by atoms with E-state index >= 15 is 0 Å². The van der Waals surface area contributed by atoms with Gasteiger partial charge in [-0.2, -0.15) is 0 Å². The molecule has 4 rings (SSSR count). The van der Waals surface area contributed by atoms with Crippen LogP contribution in [0.2, 0.25) is 0 Å². The molecule has 0 radical (unpaired) electrons. The first-order chi connectivity index (χ1) is 12.7. The highest BCUT2D eigenvalue weighted by Gasteiger charge is 2.65. The van der Waals surface area contributed by atoms with E-state index in [4.69, 9.17) is 9.47 Å². The third-order valence-corrected chi connectivity index (χ3v) is 6.07. The van der Waals surface area contributed by atoms with Gasteiger partial charge in [-0.25, -0.2) is 0 Å². The second kappa shape index (κ2) is 5.67. The van der Waals surface area contributed by atoms with E-state index in [1.54, 1.807) is 7.11 Å². The number of fused-ring (bicyclic) bond motifs is 4.